The number of hydrogen-bond acceptors (Lipinski definition) is 4. The molecule has 0 radical (unpaired) electrons. The number of aromatic nitrogens is 1. The van der Waals surface area contributed by atoms with E-state index in [1.54, 1.807) is 41.0 Å². The zero-order valence-electron chi connectivity index (χ0n) is 17.6. The third-order valence-electron chi connectivity index (χ3n) is 5.16. The topological polar surface area (TPSA) is 111 Å². The van der Waals surface area contributed by atoms with Gasteiger partial charge in [0.05, 0.1) is 17.0 Å². The minimum absolute atomic E-state index is 0.0634. The highest BCUT2D eigenvalue weighted by molar-refractivity contribution is 7.89. The number of nitrogens with two attached hydrogens (primary N) is 2. The van der Waals surface area contributed by atoms with Gasteiger partial charge in [0.1, 0.15) is 5.83 Å². The number of primary amides is 1. The van der Waals surface area contributed by atoms with Crippen LogP contribution in [0.4, 0.5) is 4.39 Å². The molecule has 0 aliphatic carbocycles. The highest BCUT2D eigenvalue weighted by atomic mass is 32.2. The second-order valence-corrected chi connectivity index (χ2v) is 9.50. The molecular formula is C22H25FN4O3S. The number of halogens is 1. The standard InChI is InChI=1S/C22H25FN4O3S/c1-14-21(15-5-4-6-18(11-15)31(29,30)26(2)3)19-8-7-16(22(25)28)12-20(19)27(14)13-17(23)9-10-24/h4-9,11-12H,10,13,24H2,1-3H3,(H2,25,28)/b17-9-. The molecule has 31 heavy (non-hydrogen) atoms. The summed E-state index contributed by atoms with van der Waals surface area (Å²) in [5.74, 6) is -1.01. The number of amides is 1. The number of benzene rings is 2. The van der Waals surface area contributed by atoms with Gasteiger partial charge in [0.2, 0.25) is 15.9 Å². The summed E-state index contributed by atoms with van der Waals surface area (Å²) in [5.41, 5.74) is 13.9. The summed E-state index contributed by atoms with van der Waals surface area (Å²) in [4.78, 5) is 11.9. The molecule has 4 N–H and O–H groups in total. The first kappa shape index (κ1) is 22.7. The molecule has 1 amide bonds. The molecule has 0 fully saturated rings. The summed E-state index contributed by atoms with van der Waals surface area (Å²) in [5, 5.41) is 0.752. The Balaban J connectivity index is 2.30. The predicted octanol–water partition coefficient (Wildman–Crippen LogP) is 2.78. The van der Waals surface area contributed by atoms with Gasteiger partial charge in [-0.2, -0.15) is 0 Å². The molecule has 7 nitrogen and oxygen atoms in total. The third kappa shape index (κ3) is 4.25. The van der Waals surface area contributed by atoms with Gasteiger partial charge >= 0.3 is 0 Å². The smallest absolute Gasteiger partial charge is 0.248 e. The summed E-state index contributed by atoms with van der Waals surface area (Å²) in [6, 6.07) is 11.5. The van der Waals surface area contributed by atoms with Crippen LogP contribution < -0.4 is 11.5 Å². The van der Waals surface area contributed by atoms with Gasteiger partial charge in [-0.05, 0) is 42.8 Å². The number of hydrogen-bond donors (Lipinski definition) is 2. The average Bonchev–Trinajstić information content (AvgIpc) is 2.99. The van der Waals surface area contributed by atoms with Gasteiger partial charge in [-0.1, -0.05) is 18.2 Å². The first-order chi connectivity index (χ1) is 14.6. The molecule has 0 spiro atoms. The third-order valence-corrected chi connectivity index (χ3v) is 6.97. The van der Waals surface area contributed by atoms with E-state index >= 15 is 0 Å². The van der Waals surface area contributed by atoms with Crippen LogP contribution in [0.3, 0.4) is 0 Å². The summed E-state index contributed by atoms with van der Waals surface area (Å²) in [7, 11) is -0.690. The number of sulfonamides is 1. The zero-order chi connectivity index (χ0) is 22.9. The molecule has 9 heteroatoms. The van der Waals surface area contributed by atoms with Crippen LogP contribution in [0, 0.1) is 6.92 Å². The van der Waals surface area contributed by atoms with Crippen LogP contribution in [-0.4, -0.2) is 43.8 Å². The average molecular weight is 445 g/mol. The molecule has 164 valence electrons. The van der Waals surface area contributed by atoms with Crippen LogP contribution in [0.2, 0.25) is 0 Å². The van der Waals surface area contributed by atoms with Crippen molar-refractivity contribution in [2.45, 2.75) is 18.4 Å². The van der Waals surface area contributed by atoms with Crippen molar-refractivity contribution >= 4 is 26.8 Å². The maximum atomic E-state index is 14.4. The van der Waals surface area contributed by atoms with Crippen molar-refractivity contribution in [2.24, 2.45) is 11.5 Å². The lowest BCUT2D eigenvalue weighted by molar-refractivity contribution is 0.100. The van der Waals surface area contributed by atoms with E-state index in [1.807, 2.05) is 6.92 Å². The van der Waals surface area contributed by atoms with Gasteiger partial charge in [-0.3, -0.25) is 4.79 Å². The van der Waals surface area contributed by atoms with Gasteiger partial charge < -0.3 is 16.0 Å². The second-order valence-electron chi connectivity index (χ2n) is 7.34. The molecule has 0 unspecified atom stereocenters. The van der Waals surface area contributed by atoms with Gasteiger partial charge in [0.15, 0.2) is 0 Å². The van der Waals surface area contributed by atoms with Crippen LogP contribution in [0.5, 0.6) is 0 Å². The van der Waals surface area contributed by atoms with Gasteiger partial charge in [-0.25, -0.2) is 17.1 Å². The number of allylic oxidation sites excluding steroid dienone is 1. The summed E-state index contributed by atoms with van der Waals surface area (Å²) < 4.78 is 42.4. The lowest BCUT2D eigenvalue weighted by Crippen LogP contribution is -2.22. The van der Waals surface area contributed by atoms with Crippen LogP contribution in [0.15, 0.2) is 59.3 Å². The van der Waals surface area contributed by atoms with Crippen molar-refractivity contribution < 1.29 is 17.6 Å². The largest absolute Gasteiger partial charge is 0.366 e. The Morgan fingerprint density at radius 1 is 1.19 bits per heavy atom. The Labute approximate surface area is 180 Å². The normalized spacial score (nSPS) is 12.6. The molecule has 3 aromatic rings. The van der Waals surface area contributed by atoms with Crippen molar-refractivity contribution in [3.8, 4) is 11.1 Å². The first-order valence-corrected chi connectivity index (χ1v) is 11.0. The Morgan fingerprint density at radius 2 is 1.90 bits per heavy atom. The maximum absolute atomic E-state index is 14.4. The fraction of sp³-hybridized carbons (Fsp3) is 0.227. The second kappa shape index (κ2) is 8.62. The van der Waals surface area contributed by atoms with E-state index in [1.165, 1.54) is 26.2 Å². The number of rotatable bonds is 7. The van der Waals surface area contributed by atoms with Gasteiger partial charge in [0, 0.05) is 42.8 Å². The van der Waals surface area contributed by atoms with Gasteiger partial charge in [-0.15, -0.1) is 0 Å². The molecule has 0 saturated carbocycles. The monoisotopic (exact) mass is 444 g/mol. The summed E-state index contributed by atoms with van der Waals surface area (Å²) >= 11 is 0. The summed E-state index contributed by atoms with van der Waals surface area (Å²) in [6.45, 7) is 1.81. The molecule has 0 bridgehead atoms. The molecule has 2 aromatic carbocycles. The lowest BCUT2D eigenvalue weighted by Gasteiger charge is -2.13. The van der Waals surface area contributed by atoms with E-state index in [0.717, 1.165) is 20.9 Å². The van der Waals surface area contributed by atoms with E-state index in [0.29, 0.717) is 16.6 Å². The van der Waals surface area contributed by atoms with Gasteiger partial charge in [0.25, 0.3) is 0 Å². The molecule has 1 heterocycles. The minimum Gasteiger partial charge on any atom is -0.366 e. The van der Waals surface area contributed by atoms with Crippen LogP contribution in [0.25, 0.3) is 22.0 Å². The van der Waals surface area contributed by atoms with E-state index in [4.69, 9.17) is 11.5 Å². The minimum atomic E-state index is -3.63. The number of carbonyl (C=O) groups excluding carboxylic acids is 1. The van der Waals surface area contributed by atoms with Crippen molar-refractivity contribution in [3.05, 3.63) is 65.6 Å². The molecule has 0 atom stereocenters. The van der Waals surface area contributed by atoms with E-state index in [9.17, 15) is 17.6 Å². The van der Waals surface area contributed by atoms with Crippen molar-refractivity contribution in [1.29, 1.82) is 0 Å². The number of fused-ring (bicyclic) bond motifs is 1. The highest BCUT2D eigenvalue weighted by Crippen LogP contribution is 2.36. The Bertz CT molecular complexity index is 1290. The predicted molar refractivity (Wildman–Crippen MR) is 120 cm³/mol. The van der Waals surface area contributed by atoms with E-state index in [-0.39, 0.29) is 18.0 Å². The van der Waals surface area contributed by atoms with Crippen LogP contribution in [0.1, 0.15) is 16.1 Å². The molecule has 1 aromatic heterocycles. The van der Waals surface area contributed by atoms with E-state index < -0.39 is 21.8 Å². The van der Waals surface area contributed by atoms with Crippen molar-refractivity contribution in [1.82, 2.24) is 8.87 Å². The fourth-order valence-corrected chi connectivity index (χ4v) is 4.51. The van der Waals surface area contributed by atoms with Crippen molar-refractivity contribution in [3.63, 3.8) is 0 Å². The molecule has 3 rings (SSSR count). The highest BCUT2D eigenvalue weighted by Gasteiger charge is 2.21. The lowest BCUT2D eigenvalue weighted by atomic mass is 10.0. The zero-order valence-corrected chi connectivity index (χ0v) is 18.4. The Morgan fingerprint density at radius 3 is 2.52 bits per heavy atom. The van der Waals surface area contributed by atoms with Crippen LogP contribution >= 0.6 is 0 Å². The molecule has 0 aliphatic rings. The number of carbonyl (C=O) groups is 1. The van der Waals surface area contributed by atoms with Crippen molar-refractivity contribution in [2.75, 3.05) is 20.6 Å². The molecule has 0 saturated heterocycles. The quantitative estimate of drug-likeness (QED) is 0.584. The maximum Gasteiger partial charge on any atom is 0.248 e. The molecular weight excluding hydrogens is 419 g/mol. The number of nitrogens with zero attached hydrogens (tertiary/aromatic N) is 2. The van der Waals surface area contributed by atoms with Crippen LogP contribution in [-0.2, 0) is 16.6 Å². The Hall–Kier alpha value is -3.01. The first-order valence-electron chi connectivity index (χ1n) is 9.58. The molecule has 0 aliphatic heterocycles. The Kier molecular flexibility index (Phi) is 6.30. The fourth-order valence-electron chi connectivity index (χ4n) is 3.56. The summed E-state index contributed by atoms with van der Waals surface area (Å²) in [6.07, 6.45) is 1.28. The van der Waals surface area contributed by atoms with E-state index in [2.05, 4.69) is 0 Å². The SMILES string of the molecule is Cc1c(-c2cccc(S(=O)(=O)N(C)C)c2)c2ccc(C(N)=O)cc2n1C/C(F)=C/CN.